The van der Waals surface area contributed by atoms with Crippen LogP contribution in [0.5, 0.6) is 5.75 Å². The van der Waals surface area contributed by atoms with Gasteiger partial charge in [-0.1, -0.05) is 6.07 Å². The van der Waals surface area contributed by atoms with Crippen LogP contribution in [0.25, 0.3) is 0 Å². The highest BCUT2D eigenvalue weighted by Gasteiger charge is 2.25. The summed E-state index contributed by atoms with van der Waals surface area (Å²) in [5, 5.41) is 0. The second-order valence-corrected chi connectivity index (χ2v) is 5.71. The van der Waals surface area contributed by atoms with Crippen LogP contribution in [0.3, 0.4) is 0 Å². The van der Waals surface area contributed by atoms with Crippen LogP contribution in [0.15, 0.2) is 42.9 Å². The minimum Gasteiger partial charge on any atom is -0.491 e. The molecule has 0 atom stereocenters. The van der Waals surface area contributed by atoms with E-state index in [0.717, 1.165) is 19.6 Å². The van der Waals surface area contributed by atoms with Gasteiger partial charge in [-0.05, 0) is 30.7 Å². The van der Waals surface area contributed by atoms with E-state index in [9.17, 15) is 4.79 Å². The summed E-state index contributed by atoms with van der Waals surface area (Å²) in [6.45, 7) is 6.37. The summed E-state index contributed by atoms with van der Waals surface area (Å²) in [6.07, 6.45) is 5.30. The van der Waals surface area contributed by atoms with Crippen LogP contribution in [0.4, 0.5) is 0 Å². The molecule has 2 aromatic heterocycles. The maximum absolute atomic E-state index is 12.7. The number of pyridine rings is 2. The number of ether oxygens (including phenoxy) is 1. The third-order valence-electron chi connectivity index (χ3n) is 4.06. The highest BCUT2D eigenvalue weighted by Crippen LogP contribution is 2.18. The number of hydrogen-bond donors (Lipinski definition) is 0. The summed E-state index contributed by atoms with van der Waals surface area (Å²) < 4.78 is 5.52. The molecular formula is C18H22N4O2. The van der Waals surface area contributed by atoms with Crippen LogP contribution in [-0.4, -0.2) is 58.5 Å². The van der Waals surface area contributed by atoms with Crippen molar-refractivity contribution >= 4 is 5.91 Å². The Hall–Kier alpha value is -2.47. The van der Waals surface area contributed by atoms with E-state index < -0.39 is 0 Å². The van der Waals surface area contributed by atoms with E-state index in [-0.39, 0.29) is 5.91 Å². The molecule has 24 heavy (non-hydrogen) atoms. The van der Waals surface area contributed by atoms with Crippen molar-refractivity contribution in [3.05, 3.63) is 54.1 Å². The average Bonchev–Trinajstić information content (AvgIpc) is 2.63. The van der Waals surface area contributed by atoms with Gasteiger partial charge >= 0.3 is 0 Å². The first-order chi connectivity index (χ1) is 11.8. The fraction of sp³-hybridized carbons (Fsp3) is 0.389. The second-order valence-electron chi connectivity index (χ2n) is 5.71. The normalized spacial score (nSPS) is 15.3. The van der Waals surface area contributed by atoms with Gasteiger partial charge in [0.15, 0.2) is 11.4 Å². The monoisotopic (exact) mass is 326 g/mol. The van der Waals surface area contributed by atoms with Crippen molar-refractivity contribution in [2.75, 3.05) is 32.8 Å². The molecular weight excluding hydrogens is 304 g/mol. The highest BCUT2D eigenvalue weighted by molar-refractivity contribution is 5.95. The Morgan fingerprint density at radius 2 is 1.96 bits per heavy atom. The molecule has 1 aliphatic rings. The van der Waals surface area contributed by atoms with Crippen molar-refractivity contribution in [3.63, 3.8) is 0 Å². The van der Waals surface area contributed by atoms with Crippen LogP contribution in [0, 0.1) is 0 Å². The Balaban J connectivity index is 1.59. The first kappa shape index (κ1) is 16.4. The Morgan fingerprint density at radius 3 is 2.67 bits per heavy atom. The standard InChI is InChI=1S/C18H22N4O2/c1-2-24-16-6-4-8-20-17(16)18(23)22-11-9-21(10-12-22)14-15-5-3-7-19-13-15/h3-8,13H,2,9-12,14H2,1H3. The van der Waals surface area contributed by atoms with E-state index >= 15 is 0 Å². The zero-order valence-electron chi connectivity index (χ0n) is 13.9. The van der Waals surface area contributed by atoms with E-state index in [4.69, 9.17) is 4.74 Å². The highest BCUT2D eigenvalue weighted by atomic mass is 16.5. The molecule has 126 valence electrons. The topological polar surface area (TPSA) is 58.6 Å². The molecule has 0 aromatic carbocycles. The fourth-order valence-electron chi connectivity index (χ4n) is 2.83. The van der Waals surface area contributed by atoms with Gasteiger partial charge < -0.3 is 9.64 Å². The van der Waals surface area contributed by atoms with Gasteiger partial charge in [-0.2, -0.15) is 0 Å². The zero-order valence-corrected chi connectivity index (χ0v) is 13.9. The number of hydrogen-bond acceptors (Lipinski definition) is 5. The molecule has 3 heterocycles. The molecule has 0 spiro atoms. The lowest BCUT2D eigenvalue weighted by Gasteiger charge is -2.34. The van der Waals surface area contributed by atoms with Crippen molar-refractivity contribution in [2.45, 2.75) is 13.5 Å². The number of carbonyl (C=O) groups excluding carboxylic acids is 1. The number of amides is 1. The predicted molar refractivity (Wildman–Crippen MR) is 90.8 cm³/mol. The molecule has 1 aliphatic heterocycles. The predicted octanol–water partition coefficient (Wildman–Crippen LogP) is 1.83. The summed E-state index contributed by atoms with van der Waals surface area (Å²) in [6, 6.07) is 7.61. The van der Waals surface area contributed by atoms with E-state index in [0.29, 0.717) is 31.1 Å². The van der Waals surface area contributed by atoms with E-state index in [1.807, 2.05) is 24.1 Å². The fourth-order valence-corrected chi connectivity index (χ4v) is 2.83. The summed E-state index contributed by atoms with van der Waals surface area (Å²) in [7, 11) is 0. The quantitative estimate of drug-likeness (QED) is 0.839. The van der Waals surface area contributed by atoms with E-state index in [1.165, 1.54) is 5.56 Å². The smallest absolute Gasteiger partial charge is 0.276 e. The van der Waals surface area contributed by atoms with Crippen LogP contribution in [0.1, 0.15) is 23.0 Å². The molecule has 1 fully saturated rings. The van der Waals surface area contributed by atoms with Gasteiger partial charge in [0.05, 0.1) is 6.61 Å². The third kappa shape index (κ3) is 3.89. The van der Waals surface area contributed by atoms with Crippen molar-refractivity contribution in [1.29, 1.82) is 0 Å². The zero-order chi connectivity index (χ0) is 16.8. The largest absolute Gasteiger partial charge is 0.491 e. The number of aromatic nitrogens is 2. The molecule has 1 amide bonds. The van der Waals surface area contributed by atoms with Crippen LogP contribution >= 0.6 is 0 Å². The minimum absolute atomic E-state index is 0.0555. The Bertz CT molecular complexity index is 670. The average molecular weight is 326 g/mol. The summed E-state index contributed by atoms with van der Waals surface area (Å²) in [5.41, 5.74) is 1.60. The lowest BCUT2D eigenvalue weighted by Crippen LogP contribution is -2.48. The Morgan fingerprint density at radius 1 is 1.17 bits per heavy atom. The van der Waals surface area contributed by atoms with Gasteiger partial charge in [0.25, 0.3) is 5.91 Å². The summed E-state index contributed by atoms with van der Waals surface area (Å²) in [4.78, 5) is 25.3. The molecule has 1 saturated heterocycles. The lowest BCUT2D eigenvalue weighted by molar-refractivity contribution is 0.0618. The maximum Gasteiger partial charge on any atom is 0.276 e. The molecule has 2 aromatic rings. The second kappa shape index (κ2) is 7.88. The van der Waals surface area contributed by atoms with Crippen molar-refractivity contribution in [2.24, 2.45) is 0 Å². The first-order valence-corrected chi connectivity index (χ1v) is 8.26. The SMILES string of the molecule is CCOc1cccnc1C(=O)N1CCN(Cc2cccnc2)CC1. The number of piperazine rings is 1. The molecule has 6 nitrogen and oxygen atoms in total. The molecule has 0 radical (unpaired) electrons. The molecule has 0 bridgehead atoms. The lowest BCUT2D eigenvalue weighted by atomic mass is 10.2. The summed E-state index contributed by atoms with van der Waals surface area (Å²) in [5.74, 6) is 0.503. The first-order valence-electron chi connectivity index (χ1n) is 8.26. The van der Waals surface area contributed by atoms with Gasteiger partial charge in [0.1, 0.15) is 0 Å². The van der Waals surface area contributed by atoms with Crippen molar-refractivity contribution in [3.8, 4) is 5.75 Å². The van der Waals surface area contributed by atoms with Crippen LogP contribution in [-0.2, 0) is 6.54 Å². The van der Waals surface area contributed by atoms with E-state index in [1.54, 1.807) is 24.5 Å². The minimum atomic E-state index is -0.0555. The molecule has 0 N–H and O–H groups in total. The van der Waals surface area contributed by atoms with E-state index in [2.05, 4.69) is 20.9 Å². The maximum atomic E-state index is 12.7. The molecule has 6 heteroatoms. The molecule has 3 rings (SSSR count). The summed E-state index contributed by atoms with van der Waals surface area (Å²) >= 11 is 0. The third-order valence-corrected chi connectivity index (χ3v) is 4.06. The Kier molecular flexibility index (Phi) is 5.38. The molecule has 0 unspecified atom stereocenters. The van der Waals surface area contributed by atoms with Gasteiger partial charge in [0.2, 0.25) is 0 Å². The van der Waals surface area contributed by atoms with Crippen LogP contribution in [0.2, 0.25) is 0 Å². The van der Waals surface area contributed by atoms with Crippen molar-refractivity contribution < 1.29 is 9.53 Å². The van der Waals surface area contributed by atoms with Crippen LogP contribution < -0.4 is 4.74 Å². The molecule has 0 aliphatic carbocycles. The van der Waals surface area contributed by atoms with Gasteiger partial charge in [-0.3, -0.25) is 14.7 Å². The van der Waals surface area contributed by atoms with Gasteiger partial charge in [-0.15, -0.1) is 0 Å². The van der Waals surface area contributed by atoms with Gasteiger partial charge in [0, 0.05) is 51.3 Å². The molecule has 0 saturated carbocycles. The Labute approximate surface area is 142 Å². The van der Waals surface area contributed by atoms with Crippen molar-refractivity contribution in [1.82, 2.24) is 19.8 Å². The van der Waals surface area contributed by atoms with Gasteiger partial charge in [-0.25, -0.2) is 4.98 Å². The number of rotatable bonds is 5. The number of carbonyl (C=O) groups is 1. The number of nitrogens with zero attached hydrogens (tertiary/aromatic N) is 4.